The Labute approximate surface area is 148 Å². The van der Waals surface area contributed by atoms with Crippen LogP contribution >= 0.6 is 0 Å². The van der Waals surface area contributed by atoms with Crippen molar-refractivity contribution in [3.63, 3.8) is 0 Å². The minimum absolute atomic E-state index is 0.0344. The fourth-order valence-electron chi connectivity index (χ4n) is 2.89. The summed E-state index contributed by atoms with van der Waals surface area (Å²) in [5.41, 5.74) is 2.26. The molecule has 4 heteroatoms. The molecule has 0 aliphatic heterocycles. The maximum atomic E-state index is 12.8. The molecule has 2 N–H and O–H groups in total. The molecule has 130 valence electrons. The molecule has 2 amide bonds. The topological polar surface area (TPSA) is 58.2 Å². The second-order valence-corrected chi connectivity index (χ2v) is 6.57. The van der Waals surface area contributed by atoms with E-state index >= 15 is 0 Å². The lowest BCUT2D eigenvalue weighted by Crippen LogP contribution is -2.25. The summed E-state index contributed by atoms with van der Waals surface area (Å²) in [6, 6.07) is 17.3. The van der Waals surface area contributed by atoms with E-state index in [0.717, 1.165) is 31.2 Å². The number of nitrogens with one attached hydrogen (secondary N) is 2. The van der Waals surface area contributed by atoms with Gasteiger partial charge in [0.05, 0.1) is 5.92 Å². The van der Waals surface area contributed by atoms with Crippen LogP contribution in [0.4, 0.5) is 5.69 Å². The first kappa shape index (κ1) is 17.2. The highest BCUT2D eigenvalue weighted by Gasteiger charge is 2.24. The van der Waals surface area contributed by atoms with Gasteiger partial charge in [-0.1, -0.05) is 49.7 Å². The normalized spacial score (nSPS) is 14.6. The zero-order chi connectivity index (χ0) is 17.6. The van der Waals surface area contributed by atoms with Crippen LogP contribution in [0.25, 0.3) is 0 Å². The molecule has 0 radical (unpaired) electrons. The first-order valence-electron chi connectivity index (χ1n) is 8.94. The molecule has 0 spiro atoms. The fourth-order valence-corrected chi connectivity index (χ4v) is 2.89. The van der Waals surface area contributed by atoms with Crippen LogP contribution in [0.1, 0.15) is 54.4 Å². The standard InChI is InChI=1S/C21H24N2O2/c1-2-7-19(15-8-4-3-5-9-15)21(25)23-18-11-6-10-16(14-18)20(24)22-17-12-13-17/h3-6,8-11,14,17,19H,2,7,12-13H2,1H3,(H,22,24)(H,23,25)/t19-/m0/s1. The zero-order valence-corrected chi connectivity index (χ0v) is 14.5. The van der Waals surface area contributed by atoms with Crippen molar-refractivity contribution >= 4 is 17.5 Å². The Morgan fingerprint density at radius 1 is 1.08 bits per heavy atom. The molecule has 1 fully saturated rings. The van der Waals surface area contributed by atoms with Crippen LogP contribution < -0.4 is 10.6 Å². The average molecular weight is 336 g/mol. The molecule has 4 nitrogen and oxygen atoms in total. The third-order valence-corrected chi connectivity index (χ3v) is 4.40. The van der Waals surface area contributed by atoms with E-state index in [2.05, 4.69) is 17.6 Å². The van der Waals surface area contributed by atoms with Gasteiger partial charge in [-0.3, -0.25) is 9.59 Å². The van der Waals surface area contributed by atoms with E-state index in [1.165, 1.54) is 0 Å². The maximum Gasteiger partial charge on any atom is 0.251 e. The molecular formula is C21H24N2O2. The summed E-state index contributed by atoms with van der Waals surface area (Å²) in [6.07, 6.45) is 3.82. The van der Waals surface area contributed by atoms with Crippen LogP contribution in [0.3, 0.4) is 0 Å². The van der Waals surface area contributed by atoms with Gasteiger partial charge in [0.1, 0.15) is 0 Å². The molecule has 0 aromatic heterocycles. The summed E-state index contributed by atoms with van der Waals surface area (Å²) in [5.74, 6) is -0.297. The molecule has 0 bridgehead atoms. The Bertz CT molecular complexity index is 739. The molecule has 0 heterocycles. The van der Waals surface area contributed by atoms with E-state index in [0.29, 0.717) is 17.3 Å². The van der Waals surface area contributed by atoms with Crippen LogP contribution in [0.2, 0.25) is 0 Å². The zero-order valence-electron chi connectivity index (χ0n) is 14.5. The second kappa shape index (κ2) is 7.97. The van der Waals surface area contributed by atoms with Gasteiger partial charge in [-0.15, -0.1) is 0 Å². The van der Waals surface area contributed by atoms with Gasteiger partial charge < -0.3 is 10.6 Å². The number of benzene rings is 2. The van der Waals surface area contributed by atoms with Crippen molar-refractivity contribution < 1.29 is 9.59 Å². The van der Waals surface area contributed by atoms with Crippen LogP contribution in [-0.2, 0) is 4.79 Å². The summed E-state index contributed by atoms with van der Waals surface area (Å²) in [5, 5.41) is 5.94. The third kappa shape index (κ3) is 4.69. The van der Waals surface area contributed by atoms with Crippen molar-refractivity contribution in [2.45, 2.75) is 44.6 Å². The number of amides is 2. The van der Waals surface area contributed by atoms with Crippen molar-refractivity contribution in [1.29, 1.82) is 0 Å². The minimum atomic E-state index is -0.185. The molecule has 1 atom stereocenters. The lowest BCUT2D eigenvalue weighted by molar-refractivity contribution is -0.117. The Morgan fingerprint density at radius 3 is 2.52 bits per heavy atom. The van der Waals surface area contributed by atoms with E-state index < -0.39 is 0 Å². The Hall–Kier alpha value is -2.62. The number of anilines is 1. The van der Waals surface area contributed by atoms with Crippen LogP contribution in [0, 0.1) is 0 Å². The van der Waals surface area contributed by atoms with Crippen molar-refractivity contribution in [2.75, 3.05) is 5.32 Å². The molecule has 0 unspecified atom stereocenters. The molecule has 2 aromatic rings. The smallest absolute Gasteiger partial charge is 0.251 e. The molecule has 3 rings (SSSR count). The SMILES string of the molecule is CCC[C@H](C(=O)Nc1cccc(C(=O)NC2CC2)c1)c1ccccc1. The summed E-state index contributed by atoms with van der Waals surface area (Å²) >= 11 is 0. The molecule has 2 aromatic carbocycles. The number of rotatable bonds is 7. The highest BCUT2D eigenvalue weighted by atomic mass is 16.2. The Balaban J connectivity index is 1.71. The van der Waals surface area contributed by atoms with Crippen molar-refractivity contribution in [3.05, 3.63) is 65.7 Å². The quantitative estimate of drug-likeness (QED) is 0.800. The van der Waals surface area contributed by atoms with Gasteiger partial charge in [0.25, 0.3) is 5.91 Å². The summed E-state index contributed by atoms with van der Waals surface area (Å²) < 4.78 is 0. The van der Waals surface area contributed by atoms with Crippen molar-refractivity contribution in [2.24, 2.45) is 0 Å². The molecular weight excluding hydrogens is 312 g/mol. The van der Waals surface area contributed by atoms with Crippen molar-refractivity contribution in [3.8, 4) is 0 Å². The highest BCUT2D eigenvalue weighted by molar-refractivity contribution is 5.99. The predicted octanol–water partition coefficient (Wildman–Crippen LogP) is 4.10. The highest BCUT2D eigenvalue weighted by Crippen LogP contribution is 2.24. The second-order valence-electron chi connectivity index (χ2n) is 6.57. The first-order valence-corrected chi connectivity index (χ1v) is 8.94. The summed E-state index contributed by atoms with van der Waals surface area (Å²) in [6.45, 7) is 2.08. The first-order chi connectivity index (χ1) is 12.2. The lowest BCUT2D eigenvalue weighted by atomic mass is 9.93. The van der Waals surface area contributed by atoms with Gasteiger partial charge in [0, 0.05) is 17.3 Å². The number of carbonyl (C=O) groups is 2. The summed E-state index contributed by atoms with van der Waals surface area (Å²) in [7, 11) is 0. The van der Waals surface area contributed by atoms with Crippen LogP contribution in [-0.4, -0.2) is 17.9 Å². The minimum Gasteiger partial charge on any atom is -0.349 e. The van der Waals surface area contributed by atoms with Crippen LogP contribution in [0.15, 0.2) is 54.6 Å². The molecule has 1 aliphatic rings. The van der Waals surface area contributed by atoms with E-state index in [-0.39, 0.29) is 17.7 Å². The van der Waals surface area contributed by atoms with Gasteiger partial charge in [-0.2, -0.15) is 0 Å². The van der Waals surface area contributed by atoms with Gasteiger partial charge in [-0.25, -0.2) is 0 Å². The lowest BCUT2D eigenvalue weighted by Gasteiger charge is -2.17. The van der Waals surface area contributed by atoms with E-state index in [1.54, 1.807) is 18.2 Å². The summed E-state index contributed by atoms with van der Waals surface area (Å²) in [4.78, 5) is 24.9. The number of carbonyl (C=O) groups excluding carboxylic acids is 2. The Morgan fingerprint density at radius 2 is 1.84 bits per heavy atom. The molecule has 0 saturated heterocycles. The van der Waals surface area contributed by atoms with Crippen molar-refractivity contribution in [1.82, 2.24) is 5.32 Å². The molecule has 1 aliphatic carbocycles. The largest absolute Gasteiger partial charge is 0.349 e. The van der Waals surface area contributed by atoms with E-state index in [1.807, 2.05) is 36.4 Å². The van der Waals surface area contributed by atoms with E-state index in [4.69, 9.17) is 0 Å². The van der Waals surface area contributed by atoms with Gasteiger partial charge in [0.15, 0.2) is 0 Å². The Kier molecular flexibility index (Phi) is 5.49. The van der Waals surface area contributed by atoms with Gasteiger partial charge in [0.2, 0.25) is 5.91 Å². The molecule has 1 saturated carbocycles. The fraction of sp³-hybridized carbons (Fsp3) is 0.333. The average Bonchev–Trinajstić information content (AvgIpc) is 3.44. The monoisotopic (exact) mass is 336 g/mol. The van der Waals surface area contributed by atoms with Gasteiger partial charge >= 0.3 is 0 Å². The number of hydrogen-bond donors (Lipinski definition) is 2. The van der Waals surface area contributed by atoms with Crippen LogP contribution in [0.5, 0.6) is 0 Å². The predicted molar refractivity (Wildman–Crippen MR) is 99.7 cm³/mol. The molecule has 25 heavy (non-hydrogen) atoms. The number of hydrogen-bond acceptors (Lipinski definition) is 2. The van der Waals surface area contributed by atoms with E-state index in [9.17, 15) is 9.59 Å². The van der Waals surface area contributed by atoms with Gasteiger partial charge in [-0.05, 0) is 43.0 Å². The third-order valence-electron chi connectivity index (χ3n) is 4.40. The maximum absolute atomic E-state index is 12.8.